The van der Waals surface area contributed by atoms with Crippen LogP contribution in [0.4, 0.5) is 5.82 Å². The molecule has 1 aromatic heterocycles. The van der Waals surface area contributed by atoms with E-state index in [0.717, 1.165) is 23.6 Å². The van der Waals surface area contributed by atoms with Gasteiger partial charge in [-0.15, -0.1) is 0 Å². The second kappa shape index (κ2) is 8.80. The molecule has 2 aromatic carbocycles. The van der Waals surface area contributed by atoms with Crippen molar-refractivity contribution in [3.05, 3.63) is 72.1 Å². The number of nitrogens with zero attached hydrogens (tertiary/aromatic N) is 3. The molecule has 0 unspecified atom stereocenters. The fraction of sp³-hybridized carbons (Fsp3) is 0.190. The molecule has 0 saturated carbocycles. The van der Waals surface area contributed by atoms with Gasteiger partial charge in [0.05, 0.1) is 6.54 Å². The fourth-order valence-electron chi connectivity index (χ4n) is 2.38. The van der Waals surface area contributed by atoms with E-state index < -0.39 is 0 Å². The van der Waals surface area contributed by atoms with Gasteiger partial charge in [0.25, 0.3) is 0 Å². The van der Waals surface area contributed by atoms with E-state index in [4.69, 9.17) is 9.47 Å². The Morgan fingerprint density at radius 1 is 1.00 bits per heavy atom. The van der Waals surface area contributed by atoms with E-state index in [0.29, 0.717) is 24.6 Å². The Morgan fingerprint density at radius 2 is 1.70 bits per heavy atom. The van der Waals surface area contributed by atoms with Crippen LogP contribution in [0.1, 0.15) is 15.9 Å². The van der Waals surface area contributed by atoms with Crippen molar-refractivity contribution in [2.75, 3.05) is 25.1 Å². The third-order valence-corrected chi connectivity index (χ3v) is 3.97. The second-order valence-electron chi connectivity index (χ2n) is 6.09. The normalized spacial score (nSPS) is 10.3. The molecule has 0 aliphatic heterocycles. The lowest BCUT2D eigenvalue weighted by Crippen LogP contribution is -2.24. The van der Waals surface area contributed by atoms with E-state index in [1.165, 1.54) is 11.9 Å². The molecular weight excluding hydrogens is 342 g/mol. The van der Waals surface area contributed by atoms with Gasteiger partial charge in [-0.1, -0.05) is 17.7 Å². The van der Waals surface area contributed by atoms with E-state index in [2.05, 4.69) is 9.97 Å². The van der Waals surface area contributed by atoms with Crippen LogP contribution < -0.4 is 14.4 Å². The Labute approximate surface area is 158 Å². The Morgan fingerprint density at radius 3 is 2.41 bits per heavy atom. The summed E-state index contributed by atoms with van der Waals surface area (Å²) in [6.07, 6.45) is 2.29. The van der Waals surface area contributed by atoms with Crippen LogP contribution in [-0.2, 0) is 0 Å². The number of hydrogen-bond donors (Lipinski definition) is 0. The van der Waals surface area contributed by atoms with Crippen LogP contribution in [0.3, 0.4) is 0 Å². The molecule has 0 aliphatic carbocycles. The van der Waals surface area contributed by atoms with Crippen LogP contribution in [0.25, 0.3) is 0 Å². The summed E-state index contributed by atoms with van der Waals surface area (Å²) < 4.78 is 11.5. The van der Waals surface area contributed by atoms with Gasteiger partial charge in [0.1, 0.15) is 36.5 Å². The zero-order valence-electron chi connectivity index (χ0n) is 15.3. The van der Waals surface area contributed by atoms with Crippen LogP contribution in [-0.4, -0.2) is 36.5 Å². The zero-order valence-corrected chi connectivity index (χ0v) is 15.3. The number of carbonyl (C=O) groups is 1. The average molecular weight is 363 g/mol. The lowest BCUT2D eigenvalue weighted by Gasteiger charge is -2.18. The molecular formula is C21H21N3O3. The smallest absolute Gasteiger partial charge is 0.224 e. The summed E-state index contributed by atoms with van der Waals surface area (Å²) >= 11 is 0. The Kier molecular flexibility index (Phi) is 5.99. The molecule has 27 heavy (non-hydrogen) atoms. The molecule has 0 saturated heterocycles. The van der Waals surface area contributed by atoms with Gasteiger partial charge in [0.15, 0.2) is 0 Å². The molecule has 0 amide bonds. The predicted octanol–water partition coefficient (Wildman–Crippen LogP) is 3.91. The molecule has 3 aromatic rings. The number of aryl methyl sites for hydroxylation is 1. The van der Waals surface area contributed by atoms with E-state index in [-0.39, 0.29) is 0 Å². The summed E-state index contributed by atoms with van der Waals surface area (Å²) in [4.78, 5) is 21.1. The quantitative estimate of drug-likeness (QED) is 0.566. The van der Waals surface area contributed by atoms with Crippen molar-refractivity contribution >= 4 is 12.1 Å². The van der Waals surface area contributed by atoms with E-state index >= 15 is 0 Å². The second-order valence-corrected chi connectivity index (χ2v) is 6.09. The zero-order chi connectivity index (χ0) is 19.1. The van der Waals surface area contributed by atoms with Crippen molar-refractivity contribution in [3.63, 3.8) is 0 Å². The lowest BCUT2D eigenvalue weighted by molar-refractivity contribution is 0.112. The Bertz CT molecular complexity index is 880. The number of aldehydes is 1. The number of aromatic nitrogens is 2. The van der Waals surface area contributed by atoms with Gasteiger partial charge < -0.3 is 14.4 Å². The summed E-state index contributed by atoms with van der Waals surface area (Å²) in [5.41, 5.74) is 1.80. The molecule has 138 valence electrons. The first-order chi connectivity index (χ1) is 13.1. The first kappa shape index (κ1) is 18.4. The molecule has 0 spiro atoms. The topological polar surface area (TPSA) is 64.6 Å². The average Bonchev–Trinajstić information content (AvgIpc) is 2.70. The van der Waals surface area contributed by atoms with Gasteiger partial charge in [-0.05, 0) is 43.3 Å². The predicted molar refractivity (Wildman–Crippen MR) is 104 cm³/mol. The van der Waals surface area contributed by atoms with Crippen molar-refractivity contribution in [1.82, 2.24) is 9.97 Å². The molecule has 0 aliphatic rings. The molecule has 0 atom stereocenters. The number of likely N-dealkylation sites (N-methyl/N-ethyl adjacent to an activating group) is 1. The Hall–Kier alpha value is -3.41. The first-order valence-electron chi connectivity index (χ1n) is 8.60. The van der Waals surface area contributed by atoms with Gasteiger partial charge in [0.2, 0.25) is 5.88 Å². The minimum absolute atomic E-state index is 0.481. The highest BCUT2D eigenvalue weighted by Gasteiger charge is 2.07. The number of ether oxygens (including phenoxy) is 2. The summed E-state index contributed by atoms with van der Waals surface area (Å²) in [6.45, 7) is 3.14. The summed E-state index contributed by atoms with van der Waals surface area (Å²) in [7, 11) is 1.93. The molecule has 0 N–H and O–H groups in total. The molecule has 3 rings (SSSR count). The minimum atomic E-state index is 0.481. The maximum absolute atomic E-state index is 10.7. The maximum atomic E-state index is 10.7. The van der Waals surface area contributed by atoms with Crippen molar-refractivity contribution in [1.29, 1.82) is 0 Å². The van der Waals surface area contributed by atoms with Crippen molar-refractivity contribution in [3.8, 4) is 17.4 Å². The van der Waals surface area contributed by atoms with Crippen LogP contribution >= 0.6 is 0 Å². The monoisotopic (exact) mass is 363 g/mol. The summed E-state index contributed by atoms with van der Waals surface area (Å²) in [5, 5.41) is 0. The number of hydrogen-bond acceptors (Lipinski definition) is 6. The number of benzene rings is 2. The van der Waals surface area contributed by atoms with Crippen molar-refractivity contribution < 1.29 is 14.3 Å². The van der Waals surface area contributed by atoms with Gasteiger partial charge in [-0.25, -0.2) is 9.97 Å². The minimum Gasteiger partial charge on any atom is -0.492 e. The van der Waals surface area contributed by atoms with E-state index in [1.54, 1.807) is 30.3 Å². The maximum Gasteiger partial charge on any atom is 0.224 e. The number of carbonyl (C=O) groups excluding carboxylic acids is 1. The van der Waals surface area contributed by atoms with Gasteiger partial charge in [-0.3, -0.25) is 4.79 Å². The highest BCUT2D eigenvalue weighted by molar-refractivity contribution is 5.74. The van der Waals surface area contributed by atoms with Crippen LogP contribution in [0, 0.1) is 6.92 Å². The number of anilines is 1. The third kappa shape index (κ3) is 5.28. The van der Waals surface area contributed by atoms with Crippen molar-refractivity contribution in [2.24, 2.45) is 0 Å². The third-order valence-electron chi connectivity index (χ3n) is 3.97. The number of rotatable bonds is 8. The van der Waals surface area contributed by atoms with Gasteiger partial charge in [0, 0.05) is 18.7 Å². The summed E-state index contributed by atoms with van der Waals surface area (Å²) in [5.74, 6) is 2.68. The van der Waals surface area contributed by atoms with Crippen molar-refractivity contribution in [2.45, 2.75) is 6.92 Å². The van der Waals surface area contributed by atoms with Crippen LogP contribution in [0.5, 0.6) is 17.4 Å². The summed E-state index contributed by atoms with van der Waals surface area (Å²) in [6, 6.07) is 16.6. The molecule has 6 heteroatoms. The van der Waals surface area contributed by atoms with E-state index in [9.17, 15) is 4.79 Å². The molecule has 0 bridgehead atoms. The molecule has 0 radical (unpaired) electrons. The van der Waals surface area contributed by atoms with Gasteiger partial charge in [-0.2, -0.15) is 0 Å². The SMILES string of the molecule is Cc1ccc(Oc2cc(N(C)CCOc3ccc(C=O)cc3)ncn2)cc1. The largest absolute Gasteiger partial charge is 0.492 e. The highest BCUT2D eigenvalue weighted by Crippen LogP contribution is 2.22. The molecule has 0 fully saturated rings. The molecule has 1 heterocycles. The Balaban J connectivity index is 1.55. The van der Waals surface area contributed by atoms with Crippen LogP contribution in [0.15, 0.2) is 60.9 Å². The standard InChI is InChI=1S/C21H21N3O3/c1-16-3-7-19(8-4-16)27-21-13-20(22-15-23-21)24(2)11-12-26-18-9-5-17(14-25)6-10-18/h3-10,13-15H,11-12H2,1-2H3. The lowest BCUT2D eigenvalue weighted by atomic mass is 10.2. The van der Waals surface area contributed by atoms with E-state index in [1.807, 2.05) is 43.1 Å². The fourth-order valence-corrected chi connectivity index (χ4v) is 2.38. The highest BCUT2D eigenvalue weighted by atomic mass is 16.5. The molecule has 6 nitrogen and oxygen atoms in total. The van der Waals surface area contributed by atoms with Gasteiger partial charge >= 0.3 is 0 Å². The first-order valence-corrected chi connectivity index (χ1v) is 8.60. The van der Waals surface area contributed by atoms with Crippen LogP contribution in [0.2, 0.25) is 0 Å².